The largest absolute Gasteiger partial charge is 0.451 e. The maximum absolute atomic E-state index is 13.1. The van der Waals surface area contributed by atoms with Crippen molar-refractivity contribution in [3.63, 3.8) is 0 Å². The van der Waals surface area contributed by atoms with E-state index in [1.807, 2.05) is 24.3 Å². The summed E-state index contributed by atoms with van der Waals surface area (Å²) in [5.41, 5.74) is 2.97. The SMILES string of the molecule is O=C1O[C@]2(CC[C@H](c3nc4nc(-c5ccc(F)cn5)ncc4[nH]3)CC2)c2ccccc21. The van der Waals surface area contributed by atoms with Crippen LogP contribution >= 0.6 is 0 Å². The number of fused-ring (bicyclic) bond motifs is 3. The van der Waals surface area contributed by atoms with E-state index in [-0.39, 0.29) is 11.9 Å². The number of esters is 1. The molecule has 1 saturated carbocycles. The molecule has 4 aromatic rings. The van der Waals surface area contributed by atoms with Crippen molar-refractivity contribution in [2.24, 2.45) is 0 Å². The minimum atomic E-state index is -0.516. The highest BCUT2D eigenvalue weighted by Gasteiger charge is 2.47. The smallest absolute Gasteiger partial charge is 0.339 e. The summed E-state index contributed by atoms with van der Waals surface area (Å²) in [6, 6.07) is 10.5. The Bertz CT molecular complexity index is 1310. The van der Waals surface area contributed by atoms with Gasteiger partial charge in [0.2, 0.25) is 0 Å². The van der Waals surface area contributed by atoms with E-state index in [0.29, 0.717) is 22.7 Å². The molecule has 0 radical (unpaired) electrons. The summed E-state index contributed by atoms with van der Waals surface area (Å²) >= 11 is 0. The van der Waals surface area contributed by atoms with Gasteiger partial charge in [-0.25, -0.2) is 29.1 Å². The molecule has 6 rings (SSSR count). The third kappa shape index (κ3) is 2.90. The van der Waals surface area contributed by atoms with Gasteiger partial charge in [0.25, 0.3) is 0 Å². The molecular formula is C23H18FN5O2. The molecule has 0 amide bonds. The summed E-state index contributed by atoms with van der Waals surface area (Å²) in [4.78, 5) is 33.2. The third-order valence-electron chi connectivity index (χ3n) is 6.32. The number of H-pyrrole nitrogens is 1. The molecular weight excluding hydrogens is 397 g/mol. The molecule has 2 aliphatic rings. The molecule has 3 aromatic heterocycles. The monoisotopic (exact) mass is 415 g/mol. The van der Waals surface area contributed by atoms with E-state index in [9.17, 15) is 9.18 Å². The van der Waals surface area contributed by atoms with Gasteiger partial charge >= 0.3 is 5.97 Å². The lowest BCUT2D eigenvalue weighted by Gasteiger charge is -2.35. The lowest BCUT2D eigenvalue weighted by atomic mass is 9.75. The number of benzene rings is 1. The van der Waals surface area contributed by atoms with E-state index in [2.05, 4.69) is 19.9 Å². The normalized spacial score (nSPS) is 22.6. The van der Waals surface area contributed by atoms with E-state index in [1.165, 1.54) is 6.07 Å². The lowest BCUT2D eigenvalue weighted by Crippen LogP contribution is -2.31. The number of halogens is 1. The van der Waals surface area contributed by atoms with Crippen molar-refractivity contribution in [3.8, 4) is 11.5 Å². The summed E-state index contributed by atoms with van der Waals surface area (Å²) in [5, 5.41) is 0. The number of nitrogens with one attached hydrogen (secondary N) is 1. The van der Waals surface area contributed by atoms with Gasteiger partial charge in [0.1, 0.15) is 28.5 Å². The minimum Gasteiger partial charge on any atom is -0.451 e. The average Bonchev–Trinajstić information content (AvgIpc) is 3.34. The lowest BCUT2D eigenvalue weighted by molar-refractivity contribution is -0.0312. The van der Waals surface area contributed by atoms with Crippen LogP contribution in [-0.2, 0) is 10.3 Å². The highest BCUT2D eigenvalue weighted by Crippen LogP contribution is 2.49. The first-order chi connectivity index (χ1) is 15.1. The summed E-state index contributed by atoms with van der Waals surface area (Å²) in [5.74, 6) is 0.856. The Labute approximate surface area is 176 Å². The van der Waals surface area contributed by atoms with Crippen LogP contribution in [0, 0.1) is 5.82 Å². The van der Waals surface area contributed by atoms with Gasteiger partial charge in [0.15, 0.2) is 11.5 Å². The van der Waals surface area contributed by atoms with Gasteiger partial charge in [-0.05, 0) is 43.9 Å². The molecule has 0 bridgehead atoms. The first kappa shape index (κ1) is 18.1. The molecule has 0 atom stereocenters. The van der Waals surface area contributed by atoms with Crippen molar-refractivity contribution in [1.82, 2.24) is 24.9 Å². The van der Waals surface area contributed by atoms with Gasteiger partial charge in [0.05, 0.1) is 18.0 Å². The van der Waals surface area contributed by atoms with Gasteiger partial charge < -0.3 is 9.72 Å². The zero-order chi connectivity index (χ0) is 21.0. The standard InChI is InChI=1S/C23H18FN5O2/c24-14-5-6-17(25-11-14)20-26-12-18-21(29-20)28-19(27-18)13-7-9-23(10-8-13)16-4-2-1-3-15(16)22(30)31-23/h1-6,11-13H,7-10H2,(H,26,27,28,29)/t13-,23-. The summed E-state index contributed by atoms with van der Waals surface area (Å²) in [6.45, 7) is 0. The summed E-state index contributed by atoms with van der Waals surface area (Å²) in [7, 11) is 0. The Balaban J connectivity index is 1.25. The zero-order valence-corrected chi connectivity index (χ0v) is 16.5. The van der Waals surface area contributed by atoms with Crippen molar-refractivity contribution in [3.05, 3.63) is 71.6 Å². The maximum Gasteiger partial charge on any atom is 0.339 e. The Kier molecular flexibility index (Phi) is 3.89. The fourth-order valence-electron chi connectivity index (χ4n) is 4.73. The van der Waals surface area contributed by atoms with Crippen LogP contribution in [0.15, 0.2) is 48.8 Å². The second-order valence-electron chi connectivity index (χ2n) is 8.12. The van der Waals surface area contributed by atoms with E-state index < -0.39 is 11.4 Å². The predicted molar refractivity (Wildman–Crippen MR) is 110 cm³/mol. The number of pyridine rings is 1. The number of carbonyl (C=O) groups is 1. The highest BCUT2D eigenvalue weighted by molar-refractivity contribution is 5.94. The van der Waals surface area contributed by atoms with Gasteiger partial charge in [-0.15, -0.1) is 0 Å². The number of hydrogen-bond donors (Lipinski definition) is 1. The number of hydrogen-bond acceptors (Lipinski definition) is 6. The van der Waals surface area contributed by atoms with Crippen LogP contribution in [0.4, 0.5) is 4.39 Å². The van der Waals surface area contributed by atoms with E-state index in [1.54, 1.807) is 12.3 Å². The van der Waals surface area contributed by atoms with Crippen LogP contribution in [0.5, 0.6) is 0 Å². The third-order valence-corrected chi connectivity index (χ3v) is 6.32. The number of rotatable bonds is 2. The molecule has 1 N–H and O–H groups in total. The molecule has 0 unspecified atom stereocenters. The first-order valence-corrected chi connectivity index (χ1v) is 10.3. The van der Waals surface area contributed by atoms with Gasteiger partial charge in [-0.1, -0.05) is 18.2 Å². The highest BCUT2D eigenvalue weighted by atomic mass is 19.1. The molecule has 4 heterocycles. The predicted octanol–water partition coefficient (Wildman–Crippen LogP) is 4.28. The fourth-order valence-corrected chi connectivity index (χ4v) is 4.73. The van der Waals surface area contributed by atoms with Crippen LogP contribution < -0.4 is 0 Å². The molecule has 1 aliphatic carbocycles. The zero-order valence-electron chi connectivity index (χ0n) is 16.5. The van der Waals surface area contributed by atoms with Crippen LogP contribution in [0.3, 0.4) is 0 Å². The number of carbonyl (C=O) groups excluding carboxylic acids is 1. The second kappa shape index (κ2) is 6.66. The van der Waals surface area contributed by atoms with Gasteiger partial charge in [0, 0.05) is 11.5 Å². The molecule has 1 spiro atoms. The van der Waals surface area contributed by atoms with Crippen molar-refractivity contribution < 1.29 is 13.9 Å². The van der Waals surface area contributed by atoms with Crippen LogP contribution in [-0.4, -0.2) is 30.9 Å². The van der Waals surface area contributed by atoms with Crippen LogP contribution in [0.2, 0.25) is 0 Å². The van der Waals surface area contributed by atoms with E-state index in [4.69, 9.17) is 9.72 Å². The molecule has 7 nitrogen and oxygen atoms in total. The fraction of sp³-hybridized carbons (Fsp3) is 0.261. The number of imidazole rings is 1. The Morgan fingerprint density at radius 3 is 2.68 bits per heavy atom. The van der Waals surface area contributed by atoms with E-state index in [0.717, 1.165) is 48.8 Å². The van der Waals surface area contributed by atoms with Crippen molar-refractivity contribution in [2.45, 2.75) is 37.2 Å². The van der Waals surface area contributed by atoms with Crippen molar-refractivity contribution >= 4 is 17.1 Å². The van der Waals surface area contributed by atoms with Gasteiger partial charge in [-0.3, -0.25) is 0 Å². The Morgan fingerprint density at radius 2 is 1.87 bits per heavy atom. The molecule has 1 aromatic carbocycles. The van der Waals surface area contributed by atoms with Gasteiger partial charge in [-0.2, -0.15) is 0 Å². The second-order valence-corrected chi connectivity index (χ2v) is 8.12. The van der Waals surface area contributed by atoms with Crippen molar-refractivity contribution in [2.75, 3.05) is 0 Å². The average molecular weight is 415 g/mol. The first-order valence-electron chi connectivity index (χ1n) is 10.3. The van der Waals surface area contributed by atoms with E-state index >= 15 is 0 Å². The summed E-state index contributed by atoms with van der Waals surface area (Å²) < 4.78 is 19.0. The van der Waals surface area contributed by atoms with Crippen molar-refractivity contribution in [1.29, 1.82) is 0 Å². The molecule has 8 heteroatoms. The number of aromatic nitrogens is 5. The van der Waals surface area contributed by atoms with Crippen LogP contribution in [0.25, 0.3) is 22.7 Å². The number of aromatic amines is 1. The Hall–Kier alpha value is -3.68. The number of ether oxygens (including phenoxy) is 1. The Morgan fingerprint density at radius 1 is 1.03 bits per heavy atom. The molecule has 31 heavy (non-hydrogen) atoms. The molecule has 0 saturated heterocycles. The summed E-state index contributed by atoms with van der Waals surface area (Å²) in [6.07, 6.45) is 6.04. The molecule has 1 fully saturated rings. The quantitative estimate of drug-likeness (QED) is 0.491. The van der Waals surface area contributed by atoms with Crippen LogP contribution in [0.1, 0.15) is 53.3 Å². The number of nitrogens with zero attached hydrogens (tertiary/aromatic N) is 4. The molecule has 1 aliphatic heterocycles. The molecule has 154 valence electrons. The topological polar surface area (TPSA) is 93.7 Å². The maximum atomic E-state index is 13.1. The minimum absolute atomic E-state index is 0.221.